The molecule has 0 atom stereocenters. The van der Waals surface area contributed by atoms with Crippen LogP contribution >= 0.6 is 11.3 Å². The van der Waals surface area contributed by atoms with Gasteiger partial charge in [0.25, 0.3) is 5.91 Å². The molecule has 0 spiro atoms. The molecule has 0 bridgehead atoms. The van der Waals surface area contributed by atoms with Crippen LogP contribution < -0.4 is 18.9 Å². The molecule has 0 radical (unpaired) electrons. The van der Waals surface area contributed by atoms with Gasteiger partial charge >= 0.3 is 0 Å². The monoisotopic (exact) mass is 425 g/mol. The van der Waals surface area contributed by atoms with Crippen LogP contribution in [0, 0.1) is 0 Å². The van der Waals surface area contributed by atoms with Crippen molar-refractivity contribution in [2.24, 2.45) is 0 Å². The van der Waals surface area contributed by atoms with Crippen molar-refractivity contribution in [3.8, 4) is 23.0 Å². The maximum atomic E-state index is 13.0. The molecule has 0 saturated heterocycles. The Balaban J connectivity index is 1.46. The Labute approximate surface area is 179 Å². The zero-order valence-electron chi connectivity index (χ0n) is 16.9. The predicted octanol–water partition coefficient (Wildman–Crippen LogP) is 4.73. The lowest BCUT2D eigenvalue weighted by Gasteiger charge is -2.22. The molecule has 1 aliphatic heterocycles. The third kappa shape index (κ3) is 4.36. The fourth-order valence-corrected chi connectivity index (χ4v) is 3.85. The molecule has 0 unspecified atom stereocenters. The van der Waals surface area contributed by atoms with Crippen LogP contribution in [0.2, 0.25) is 0 Å². The molecule has 2 heterocycles. The van der Waals surface area contributed by atoms with Crippen LogP contribution in [0.3, 0.4) is 0 Å². The van der Waals surface area contributed by atoms with Crippen LogP contribution in [0.25, 0.3) is 0 Å². The second-order valence-electron chi connectivity index (χ2n) is 6.74. The smallest absolute Gasteiger partial charge is 0.254 e. The van der Waals surface area contributed by atoms with Gasteiger partial charge in [-0.15, -0.1) is 11.3 Å². The molecule has 0 fully saturated rings. The molecule has 1 amide bonds. The van der Waals surface area contributed by atoms with Gasteiger partial charge in [0.1, 0.15) is 6.61 Å². The average molecular weight is 426 g/mol. The molecule has 4 rings (SSSR count). The van der Waals surface area contributed by atoms with E-state index in [1.165, 1.54) is 0 Å². The number of thiophene rings is 1. The fraction of sp³-hybridized carbons (Fsp3) is 0.261. The van der Waals surface area contributed by atoms with Gasteiger partial charge in [0, 0.05) is 23.5 Å². The standard InChI is InChI=1S/C23H23NO5S/c1-3-24(23(25)17-7-9-20-22(12-17)29-15-28-20)13-16-6-8-19(21(11-16)26-2)27-14-18-5-4-10-30-18/h4-12H,3,13-15H2,1-2H3. The van der Waals surface area contributed by atoms with E-state index in [0.717, 1.165) is 10.4 Å². The number of nitrogens with zero attached hydrogens (tertiary/aromatic N) is 1. The molecular formula is C23H23NO5S. The molecular weight excluding hydrogens is 402 g/mol. The van der Waals surface area contributed by atoms with E-state index in [0.29, 0.717) is 48.3 Å². The van der Waals surface area contributed by atoms with Crippen LogP contribution in [0.4, 0.5) is 0 Å². The fourth-order valence-electron chi connectivity index (χ4n) is 3.23. The lowest BCUT2D eigenvalue weighted by molar-refractivity contribution is 0.0752. The number of carbonyl (C=O) groups is 1. The summed E-state index contributed by atoms with van der Waals surface area (Å²) in [6.07, 6.45) is 0. The molecule has 2 aromatic carbocycles. The average Bonchev–Trinajstić information content (AvgIpc) is 3.47. The second-order valence-corrected chi connectivity index (χ2v) is 7.77. The van der Waals surface area contributed by atoms with Crippen molar-refractivity contribution in [1.82, 2.24) is 4.90 Å². The molecule has 1 aromatic heterocycles. The summed E-state index contributed by atoms with van der Waals surface area (Å²) in [7, 11) is 1.62. The van der Waals surface area contributed by atoms with Gasteiger partial charge in [-0.05, 0) is 54.3 Å². The summed E-state index contributed by atoms with van der Waals surface area (Å²) in [5.74, 6) is 2.53. The Morgan fingerprint density at radius 3 is 2.73 bits per heavy atom. The Morgan fingerprint density at radius 1 is 1.10 bits per heavy atom. The first-order chi connectivity index (χ1) is 14.7. The van der Waals surface area contributed by atoms with Crippen LogP contribution in [-0.4, -0.2) is 31.3 Å². The van der Waals surface area contributed by atoms with Gasteiger partial charge in [0.15, 0.2) is 23.0 Å². The van der Waals surface area contributed by atoms with Gasteiger partial charge in [-0.1, -0.05) is 12.1 Å². The van der Waals surface area contributed by atoms with Gasteiger partial charge < -0.3 is 23.8 Å². The van der Waals surface area contributed by atoms with E-state index in [2.05, 4.69) is 0 Å². The maximum absolute atomic E-state index is 13.0. The lowest BCUT2D eigenvalue weighted by Crippen LogP contribution is -2.30. The van der Waals surface area contributed by atoms with E-state index >= 15 is 0 Å². The first kappa shape index (κ1) is 20.1. The van der Waals surface area contributed by atoms with Gasteiger partial charge in [-0.3, -0.25) is 4.79 Å². The Bertz CT molecular complexity index is 1020. The molecule has 0 N–H and O–H groups in total. The predicted molar refractivity (Wildman–Crippen MR) is 115 cm³/mol. The summed E-state index contributed by atoms with van der Waals surface area (Å²) in [5, 5.41) is 2.02. The topological polar surface area (TPSA) is 57.2 Å². The van der Waals surface area contributed by atoms with Crippen LogP contribution in [0.5, 0.6) is 23.0 Å². The SMILES string of the molecule is CCN(Cc1ccc(OCc2cccs2)c(OC)c1)C(=O)c1ccc2c(c1)OCO2. The zero-order valence-corrected chi connectivity index (χ0v) is 17.7. The van der Waals surface area contributed by atoms with E-state index in [4.69, 9.17) is 18.9 Å². The second kappa shape index (κ2) is 9.09. The van der Waals surface area contributed by atoms with Gasteiger partial charge in [-0.2, -0.15) is 0 Å². The Morgan fingerprint density at radius 2 is 1.97 bits per heavy atom. The van der Waals surface area contributed by atoms with Crippen molar-refractivity contribution in [2.45, 2.75) is 20.1 Å². The number of fused-ring (bicyclic) bond motifs is 1. The minimum Gasteiger partial charge on any atom is -0.493 e. The van der Waals surface area contributed by atoms with E-state index in [1.54, 1.807) is 41.5 Å². The number of hydrogen-bond acceptors (Lipinski definition) is 6. The van der Waals surface area contributed by atoms with Crippen LogP contribution in [0.15, 0.2) is 53.9 Å². The summed E-state index contributed by atoms with van der Waals surface area (Å²) >= 11 is 1.65. The van der Waals surface area contributed by atoms with Crippen molar-refractivity contribution in [3.63, 3.8) is 0 Å². The number of rotatable bonds is 8. The highest BCUT2D eigenvalue weighted by Gasteiger charge is 2.20. The number of benzene rings is 2. The van der Waals surface area contributed by atoms with Crippen molar-refractivity contribution in [3.05, 3.63) is 69.9 Å². The van der Waals surface area contributed by atoms with Crippen molar-refractivity contribution in [2.75, 3.05) is 20.4 Å². The first-order valence-corrected chi connectivity index (χ1v) is 10.6. The molecule has 0 aliphatic carbocycles. The highest BCUT2D eigenvalue weighted by molar-refractivity contribution is 7.09. The van der Waals surface area contributed by atoms with Gasteiger partial charge in [-0.25, -0.2) is 0 Å². The zero-order chi connectivity index (χ0) is 20.9. The molecule has 3 aromatic rings. The van der Waals surface area contributed by atoms with Crippen LogP contribution in [0.1, 0.15) is 27.7 Å². The van der Waals surface area contributed by atoms with Crippen molar-refractivity contribution in [1.29, 1.82) is 0 Å². The number of ether oxygens (including phenoxy) is 4. The van der Waals surface area contributed by atoms with Gasteiger partial charge in [0.05, 0.1) is 7.11 Å². The van der Waals surface area contributed by atoms with E-state index < -0.39 is 0 Å². The maximum Gasteiger partial charge on any atom is 0.254 e. The molecule has 0 saturated carbocycles. The lowest BCUT2D eigenvalue weighted by atomic mass is 10.1. The summed E-state index contributed by atoms with van der Waals surface area (Å²) in [6, 6.07) is 15.1. The van der Waals surface area contributed by atoms with Crippen molar-refractivity contribution >= 4 is 17.2 Å². The largest absolute Gasteiger partial charge is 0.493 e. The Hall–Kier alpha value is -3.19. The summed E-state index contributed by atoms with van der Waals surface area (Å²) in [4.78, 5) is 15.9. The third-order valence-corrected chi connectivity index (χ3v) is 5.69. The number of amides is 1. The van der Waals surface area contributed by atoms with E-state index in [-0.39, 0.29) is 12.7 Å². The molecule has 156 valence electrons. The highest BCUT2D eigenvalue weighted by Crippen LogP contribution is 2.33. The first-order valence-electron chi connectivity index (χ1n) is 9.69. The Kier molecular flexibility index (Phi) is 6.09. The van der Waals surface area contributed by atoms with Crippen molar-refractivity contribution < 1.29 is 23.7 Å². The number of hydrogen-bond donors (Lipinski definition) is 0. The van der Waals surface area contributed by atoms with E-state index in [1.807, 2.05) is 42.6 Å². The van der Waals surface area contributed by atoms with Gasteiger partial charge in [0.2, 0.25) is 6.79 Å². The molecule has 6 nitrogen and oxygen atoms in total. The molecule has 1 aliphatic rings. The third-order valence-electron chi connectivity index (χ3n) is 4.84. The summed E-state index contributed by atoms with van der Waals surface area (Å²) < 4.78 is 22.1. The minimum atomic E-state index is -0.0622. The molecule has 7 heteroatoms. The normalized spacial score (nSPS) is 11.9. The number of carbonyl (C=O) groups excluding carboxylic acids is 1. The summed E-state index contributed by atoms with van der Waals surface area (Å²) in [5.41, 5.74) is 1.54. The summed E-state index contributed by atoms with van der Waals surface area (Å²) in [6.45, 7) is 3.68. The quantitative estimate of drug-likeness (QED) is 0.522. The van der Waals surface area contributed by atoms with Crippen LogP contribution in [-0.2, 0) is 13.2 Å². The molecule has 30 heavy (non-hydrogen) atoms. The minimum absolute atomic E-state index is 0.0622. The number of methoxy groups -OCH3 is 1. The highest BCUT2D eigenvalue weighted by atomic mass is 32.1. The van der Waals surface area contributed by atoms with E-state index in [9.17, 15) is 4.79 Å².